The molecule has 6 heteroatoms. The Hall–Kier alpha value is -1.92. The SMILES string of the molecule is COCC1c2nnn(CC3CC3)c2CCN1Cc1ccc(OC)cc1. The van der Waals surface area contributed by atoms with Gasteiger partial charge in [0.25, 0.3) is 0 Å². The second kappa shape index (κ2) is 7.14. The topological polar surface area (TPSA) is 52.4 Å². The highest BCUT2D eigenvalue weighted by atomic mass is 16.5. The summed E-state index contributed by atoms with van der Waals surface area (Å²) in [7, 11) is 3.45. The van der Waals surface area contributed by atoms with Gasteiger partial charge in [-0.1, -0.05) is 17.3 Å². The van der Waals surface area contributed by atoms with E-state index in [1.54, 1.807) is 14.2 Å². The first-order chi connectivity index (χ1) is 12.3. The van der Waals surface area contributed by atoms with Crippen LogP contribution in [0.15, 0.2) is 24.3 Å². The van der Waals surface area contributed by atoms with Gasteiger partial charge in [0.2, 0.25) is 0 Å². The largest absolute Gasteiger partial charge is 0.497 e. The summed E-state index contributed by atoms with van der Waals surface area (Å²) in [5.74, 6) is 1.70. The molecular formula is C19H26N4O2. The van der Waals surface area contributed by atoms with Crippen LogP contribution in [-0.4, -0.2) is 47.3 Å². The van der Waals surface area contributed by atoms with E-state index < -0.39 is 0 Å². The van der Waals surface area contributed by atoms with Crippen LogP contribution in [0, 0.1) is 5.92 Å². The fraction of sp³-hybridized carbons (Fsp3) is 0.579. The summed E-state index contributed by atoms with van der Waals surface area (Å²) in [5.41, 5.74) is 3.68. The Balaban J connectivity index is 1.52. The van der Waals surface area contributed by atoms with Crippen molar-refractivity contribution < 1.29 is 9.47 Å². The van der Waals surface area contributed by atoms with Gasteiger partial charge in [0.1, 0.15) is 11.4 Å². The van der Waals surface area contributed by atoms with Gasteiger partial charge in [-0.05, 0) is 36.5 Å². The number of rotatable bonds is 7. The molecule has 2 aromatic rings. The lowest BCUT2D eigenvalue weighted by molar-refractivity contribution is 0.0749. The zero-order chi connectivity index (χ0) is 17.2. The van der Waals surface area contributed by atoms with Crippen LogP contribution in [0.4, 0.5) is 0 Å². The third-order valence-corrected chi connectivity index (χ3v) is 5.26. The zero-order valence-electron chi connectivity index (χ0n) is 15.0. The quantitative estimate of drug-likeness (QED) is 0.774. The molecule has 0 radical (unpaired) electrons. The van der Waals surface area contributed by atoms with Crippen molar-refractivity contribution in [1.82, 2.24) is 19.9 Å². The lowest BCUT2D eigenvalue weighted by atomic mass is 10.0. The summed E-state index contributed by atoms with van der Waals surface area (Å²) in [6.45, 7) is 3.56. The van der Waals surface area contributed by atoms with Gasteiger partial charge < -0.3 is 9.47 Å². The van der Waals surface area contributed by atoms with Crippen molar-refractivity contribution in [2.75, 3.05) is 27.4 Å². The minimum Gasteiger partial charge on any atom is -0.497 e. The molecule has 1 aliphatic heterocycles. The molecule has 134 valence electrons. The van der Waals surface area contributed by atoms with Gasteiger partial charge in [0.05, 0.1) is 25.5 Å². The molecule has 4 rings (SSSR count). The molecule has 0 N–H and O–H groups in total. The third-order valence-electron chi connectivity index (χ3n) is 5.26. The van der Waals surface area contributed by atoms with Gasteiger partial charge >= 0.3 is 0 Å². The van der Waals surface area contributed by atoms with Crippen LogP contribution in [0.2, 0.25) is 0 Å². The molecule has 0 amide bonds. The fourth-order valence-electron chi connectivity index (χ4n) is 3.63. The second-order valence-electron chi connectivity index (χ2n) is 7.09. The van der Waals surface area contributed by atoms with Crippen LogP contribution in [0.1, 0.15) is 35.8 Å². The Morgan fingerprint density at radius 1 is 1.16 bits per heavy atom. The number of hydrogen-bond donors (Lipinski definition) is 0. The molecule has 0 bridgehead atoms. The van der Waals surface area contributed by atoms with Gasteiger partial charge in [-0.2, -0.15) is 0 Å². The summed E-state index contributed by atoms with van der Waals surface area (Å²) >= 11 is 0. The Labute approximate surface area is 148 Å². The van der Waals surface area contributed by atoms with E-state index in [9.17, 15) is 0 Å². The maximum absolute atomic E-state index is 5.51. The summed E-state index contributed by atoms with van der Waals surface area (Å²) in [6, 6.07) is 8.46. The van der Waals surface area contributed by atoms with E-state index >= 15 is 0 Å². The van der Waals surface area contributed by atoms with Crippen molar-refractivity contribution in [2.45, 2.75) is 38.4 Å². The summed E-state index contributed by atoms with van der Waals surface area (Å²) < 4.78 is 12.9. The summed E-state index contributed by atoms with van der Waals surface area (Å²) in [4.78, 5) is 2.45. The highest BCUT2D eigenvalue weighted by Crippen LogP contribution is 2.34. The molecule has 2 heterocycles. The maximum Gasteiger partial charge on any atom is 0.118 e. The number of benzene rings is 1. The molecule has 25 heavy (non-hydrogen) atoms. The van der Waals surface area contributed by atoms with Crippen LogP contribution in [0.25, 0.3) is 0 Å². The molecule has 1 aromatic carbocycles. The van der Waals surface area contributed by atoms with Gasteiger partial charge in [-0.3, -0.25) is 4.90 Å². The third kappa shape index (κ3) is 3.55. The number of nitrogens with zero attached hydrogens (tertiary/aromatic N) is 4. The average Bonchev–Trinajstić information content (AvgIpc) is 3.36. The van der Waals surface area contributed by atoms with E-state index in [1.807, 2.05) is 12.1 Å². The number of aromatic nitrogens is 3. The van der Waals surface area contributed by atoms with E-state index in [-0.39, 0.29) is 6.04 Å². The molecular weight excluding hydrogens is 316 g/mol. The fourth-order valence-corrected chi connectivity index (χ4v) is 3.63. The van der Waals surface area contributed by atoms with Gasteiger partial charge in [0.15, 0.2) is 0 Å². The minimum absolute atomic E-state index is 0.170. The van der Waals surface area contributed by atoms with Crippen LogP contribution in [0.5, 0.6) is 5.75 Å². The van der Waals surface area contributed by atoms with E-state index in [2.05, 4.69) is 32.0 Å². The number of ether oxygens (including phenoxy) is 2. The van der Waals surface area contributed by atoms with Gasteiger partial charge in [-0.25, -0.2) is 4.68 Å². The van der Waals surface area contributed by atoms with Crippen molar-refractivity contribution >= 4 is 0 Å². The Morgan fingerprint density at radius 2 is 1.96 bits per heavy atom. The lowest BCUT2D eigenvalue weighted by Crippen LogP contribution is -2.38. The van der Waals surface area contributed by atoms with E-state index in [0.717, 1.165) is 43.4 Å². The van der Waals surface area contributed by atoms with E-state index in [4.69, 9.17) is 9.47 Å². The molecule has 1 aromatic heterocycles. The van der Waals surface area contributed by atoms with E-state index in [0.29, 0.717) is 6.61 Å². The normalized spacial score (nSPS) is 20.5. The first-order valence-electron chi connectivity index (χ1n) is 9.06. The number of fused-ring (bicyclic) bond motifs is 1. The number of hydrogen-bond acceptors (Lipinski definition) is 5. The molecule has 1 unspecified atom stereocenters. The van der Waals surface area contributed by atoms with Crippen molar-refractivity contribution in [3.05, 3.63) is 41.2 Å². The molecule has 1 atom stereocenters. The Bertz CT molecular complexity index is 709. The average molecular weight is 342 g/mol. The van der Waals surface area contributed by atoms with Crippen molar-refractivity contribution in [3.8, 4) is 5.75 Å². The molecule has 1 fully saturated rings. The highest BCUT2D eigenvalue weighted by molar-refractivity contribution is 5.28. The highest BCUT2D eigenvalue weighted by Gasteiger charge is 2.33. The molecule has 2 aliphatic rings. The van der Waals surface area contributed by atoms with Crippen LogP contribution in [-0.2, 0) is 24.2 Å². The van der Waals surface area contributed by atoms with Gasteiger partial charge in [-0.15, -0.1) is 5.10 Å². The predicted octanol–water partition coefficient (Wildman–Crippen LogP) is 2.44. The first-order valence-corrected chi connectivity index (χ1v) is 9.06. The second-order valence-corrected chi connectivity index (χ2v) is 7.09. The predicted molar refractivity (Wildman–Crippen MR) is 94.5 cm³/mol. The van der Waals surface area contributed by atoms with E-state index in [1.165, 1.54) is 24.1 Å². The molecule has 1 aliphatic carbocycles. The van der Waals surface area contributed by atoms with Crippen LogP contribution < -0.4 is 4.74 Å². The summed E-state index contributed by atoms with van der Waals surface area (Å²) in [5, 5.41) is 8.97. The van der Waals surface area contributed by atoms with Crippen LogP contribution in [0.3, 0.4) is 0 Å². The van der Waals surface area contributed by atoms with Gasteiger partial charge in [0, 0.05) is 33.2 Å². The van der Waals surface area contributed by atoms with Crippen LogP contribution >= 0.6 is 0 Å². The number of methoxy groups -OCH3 is 2. The van der Waals surface area contributed by atoms with Crippen molar-refractivity contribution in [3.63, 3.8) is 0 Å². The van der Waals surface area contributed by atoms with Crippen molar-refractivity contribution in [1.29, 1.82) is 0 Å². The smallest absolute Gasteiger partial charge is 0.118 e. The van der Waals surface area contributed by atoms with Crippen molar-refractivity contribution in [2.24, 2.45) is 5.92 Å². The Kier molecular flexibility index (Phi) is 4.72. The maximum atomic E-state index is 5.51. The molecule has 1 saturated carbocycles. The lowest BCUT2D eigenvalue weighted by Gasteiger charge is -2.34. The standard InChI is InChI=1S/C19H26N4O2/c1-24-13-18-19-17(23(21-20-19)12-15-3-4-15)9-10-22(18)11-14-5-7-16(25-2)8-6-14/h5-8,15,18H,3-4,9-13H2,1-2H3. The monoisotopic (exact) mass is 342 g/mol. The molecule has 0 saturated heterocycles. The molecule has 0 spiro atoms. The first kappa shape index (κ1) is 16.5. The zero-order valence-corrected chi connectivity index (χ0v) is 15.0. The molecule has 6 nitrogen and oxygen atoms in total. The minimum atomic E-state index is 0.170. The summed E-state index contributed by atoms with van der Waals surface area (Å²) in [6.07, 6.45) is 3.67. The Morgan fingerprint density at radius 3 is 2.64 bits per heavy atom.